The summed E-state index contributed by atoms with van der Waals surface area (Å²) in [5.41, 5.74) is 2.51. The van der Waals surface area contributed by atoms with Gasteiger partial charge in [0.1, 0.15) is 5.82 Å². The van der Waals surface area contributed by atoms with E-state index < -0.39 is 0 Å². The van der Waals surface area contributed by atoms with Crippen molar-refractivity contribution in [1.82, 2.24) is 14.8 Å². The first-order valence-corrected chi connectivity index (χ1v) is 10.7. The van der Waals surface area contributed by atoms with Crippen molar-refractivity contribution in [3.63, 3.8) is 0 Å². The van der Waals surface area contributed by atoms with E-state index in [0.717, 1.165) is 18.7 Å². The summed E-state index contributed by atoms with van der Waals surface area (Å²) in [7, 11) is 0. The van der Waals surface area contributed by atoms with Crippen molar-refractivity contribution >= 4 is 29.1 Å². The molecule has 0 saturated carbocycles. The zero-order valence-electron chi connectivity index (χ0n) is 16.9. The lowest BCUT2D eigenvalue weighted by molar-refractivity contribution is -0.113. The number of carbonyl (C=O) groups is 2. The fourth-order valence-electron chi connectivity index (χ4n) is 2.94. The zero-order chi connectivity index (χ0) is 21.3. The van der Waals surface area contributed by atoms with Gasteiger partial charge in [0.05, 0.1) is 5.75 Å². The van der Waals surface area contributed by atoms with Crippen molar-refractivity contribution in [2.24, 2.45) is 0 Å². The molecule has 3 rings (SSSR count). The van der Waals surface area contributed by atoms with Crippen molar-refractivity contribution in [2.75, 3.05) is 11.1 Å². The smallest absolute Gasteiger partial charge is 0.234 e. The largest absolute Gasteiger partial charge is 0.325 e. The molecule has 0 unspecified atom stereocenters. The third-order valence-corrected chi connectivity index (χ3v) is 5.46. The molecular weight excluding hydrogens is 396 g/mol. The number of ketones is 1. The minimum absolute atomic E-state index is 0.00643. The van der Waals surface area contributed by atoms with E-state index in [1.807, 2.05) is 22.8 Å². The molecule has 6 nitrogen and oxygen atoms in total. The summed E-state index contributed by atoms with van der Waals surface area (Å²) in [6.07, 6.45) is 3.44. The Bertz CT molecular complexity index is 1010. The molecule has 154 valence electrons. The zero-order valence-corrected chi connectivity index (χ0v) is 17.7. The highest BCUT2D eigenvalue weighted by atomic mass is 32.2. The molecule has 1 amide bonds. The third-order valence-electron chi connectivity index (χ3n) is 4.49. The predicted molar refractivity (Wildman–Crippen MR) is 120 cm³/mol. The number of aryl methyl sites for hydroxylation is 2. The first kappa shape index (κ1) is 21.5. The van der Waals surface area contributed by atoms with Crippen LogP contribution in [0.3, 0.4) is 0 Å². The molecule has 0 spiro atoms. The van der Waals surface area contributed by atoms with Gasteiger partial charge in [-0.15, -0.1) is 16.8 Å². The van der Waals surface area contributed by atoms with Gasteiger partial charge in [-0.25, -0.2) is 0 Å². The molecule has 0 radical (unpaired) electrons. The van der Waals surface area contributed by atoms with Crippen LogP contribution in [0.25, 0.3) is 0 Å². The Morgan fingerprint density at radius 3 is 2.47 bits per heavy atom. The Labute approximate surface area is 180 Å². The lowest BCUT2D eigenvalue weighted by atomic mass is 10.1. The van der Waals surface area contributed by atoms with Crippen LogP contribution in [0, 0.1) is 0 Å². The molecule has 0 aliphatic rings. The van der Waals surface area contributed by atoms with E-state index in [1.54, 1.807) is 30.3 Å². The highest BCUT2D eigenvalue weighted by Gasteiger charge is 2.14. The predicted octanol–water partition coefficient (Wildman–Crippen LogP) is 4.18. The molecule has 0 fully saturated rings. The van der Waals surface area contributed by atoms with Gasteiger partial charge < -0.3 is 9.88 Å². The monoisotopic (exact) mass is 420 g/mol. The van der Waals surface area contributed by atoms with Crippen LogP contribution >= 0.6 is 11.8 Å². The fourth-order valence-corrected chi connectivity index (χ4v) is 3.71. The molecule has 0 saturated heterocycles. The summed E-state index contributed by atoms with van der Waals surface area (Å²) < 4.78 is 2.00. The van der Waals surface area contributed by atoms with Gasteiger partial charge in [-0.2, -0.15) is 0 Å². The molecule has 2 aromatic carbocycles. The molecule has 0 atom stereocenters. The van der Waals surface area contributed by atoms with E-state index >= 15 is 0 Å². The van der Waals surface area contributed by atoms with Crippen LogP contribution < -0.4 is 5.32 Å². The van der Waals surface area contributed by atoms with E-state index in [4.69, 9.17) is 0 Å². The van der Waals surface area contributed by atoms with Crippen molar-refractivity contribution in [2.45, 2.75) is 31.5 Å². The Morgan fingerprint density at radius 2 is 1.80 bits per heavy atom. The number of rotatable bonds is 10. The minimum atomic E-state index is -0.144. The molecule has 0 aliphatic carbocycles. The van der Waals surface area contributed by atoms with Crippen molar-refractivity contribution in [3.05, 3.63) is 84.2 Å². The molecule has 30 heavy (non-hydrogen) atoms. The quantitative estimate of drug-likeness (QED) is 0.302. The highest BCUT2D eigenvalue weighted by Crippen LogP contribution is 2.19. The summed E-state index contributed by atoms with van der Waals surface area (Å²) in [6, 6.07) is 17.1. The van der Waals surface area contributed by atoms with Crippen LogP contribution in [0.4, 0.5) is 5.69 Å². The van der Waals surface area contributed by atoms with Gasteiger partial charge in [-0.05, 0) is 43.2 Å². The first-order chi connectivity index (χ1) is 14.6. The minimum Gasteiger partial charge on any atom is -0.325 e. The SMILES string of the molecule is C=CCn1c(CCc2ccccc2)nnc1SCC(=O)Nc1ccc(C(C)=O)cc1. The number of nitrogens with zero attached hydrogens (tertiary/aromatic N) is 3. The van der Waals surface area contributed by atoms with Crippen molar-refractivity contribution in [3.8, 4) is 0 Å². The number of hydrogen-bond acceptors (Lipinski definition) is 5. The molecule has 1 N–H and O–H groups in total. The van der Waals surface area contributed by atoms with Crippen molar-refractivity contribution < 1.29 is 9.59 Å². The summed E-state index contributed by atoms with van der Waals surface area (Å²) in [4.78, 5) is 23.7. The third kappa shape index (κ3) is 5.90. The van der Waals surface area contributed by atoms with E-state index in [0.29, 0.717) is 23.0 Å². The van der Waals surface area contributed by atoms with E-state index in [9.17, 15) is 9.59 Å². The molecule has 3 aromatic rings. The van der Waals surface area contributed by atoms with Gasteiger partial charge in [0.25, 0.3) is 0 Å². The lowest BCUT2D eigenvalue weighted by Gasteiger charge is -2.08. The summed E-state index contributed by atoms with van der Waals surface area (Å²) in [5, 5.41) is 12.1. The van der Waals surface area contributed by atoms with Crippen LogP contribution in [0.5, 0.6) is 0 Å². The highest BCUT2D eigenvalue weighted by molar-refractivity contribution is 7.99. The number of Topliss-reactive ketones (excluding diaryl/α,β-unsaturated/α-hetero) is 1. The molecule has 0 bridgehead atoms. The Morgan fingerprint density at radius 1 is 1.07 bits per heavy atom. The Balaban J connectivity index is 1.58. The number of hydrogen-bond donors (Lipinski definition) is 1. The fraction of sp³-hybridized carbons (Fsp3) is 0.217. The maximum Gasteiger partial charge on any atom is 0.234 e. The summed E-state index contributed by atoms with van der Waals surface area (Å²) >= 11 is 1.34. The number of benzene rings is 2. The molecule has 1 aromatic heterocycles. The second-order valence-electron chi connectivity index (χ2n) is 6.75. The van der Waals surface area contributed by atoms with Crippen LogP contribution in [0.15, 0.2) is 72.4 Å². The van der Waals surface area contributed by atoms with E-state index in [2.05, 4.69) is 34.2 Å². The lowest BCUT2D eigenvalue weighted by Crippen LogP contribution is -2.15. The second kappa shape index (κ2) is 10.5. The van der Waals surface area contributed by atoms with E-state index in [1.165, 1.54) is 24.2 Å². The van der Waals surface area contributed by atoms with Gasteiger partial charge in [0.15, 0.2) is 10.9 Å². The number of nitrogens with one attached hydrogen (secondary N) is 1. The number of aromatic nitrogens is 3. The first-order valence-electron chi connectivity index (χ1n) is 9.67. The van der Waals surface area contributed by atoms with Crippen LogP contribution in [-0.4, -0.2) is 32.2 Å². The van der Waals surface area contributed by atoms with Crippen LogP contribution in [0.2, 0.25) is 0 Å². The van der Waals surface area contributed by atoms with Gasteiger partial charge in [0.2, 0.25) is 5.91 Å². The summed E-state index contributed by atoms with van der Waals surface area (Å²) in [6.45, 7) is 5.92. The topological polar surface area (TPSA) is 76.9 Å². The molecular formula is C23H24N4O2S. The number of thioether (sulfide) groups is 1. The number of amides is 1. The normalized spacial score (nSPS) is 10.6. The van der Waals surface area contributed by atoms with Gasteiger partial charge in [0, 0.05) is 24.2 Å². The molecule has 7 heteroatoms. The molecule has 1 heterocycles. The standard InChI is InChI=1S/C23H24N4O2S/c1-3-15-27-21(14-9-18-7-5-4-6-8-18)25-26-23(27)30-16-22(29)24-20-12-10-19(11-13-20)17(2)28/h3-8,10-13H,1,9,14-16H2,2H3,(H,24,29). The molecule has 0 aliphatic heterocycles. The van der Waals surface area contributed by atoms with E-state index in [-0.39, 0.29) is 17.4 Å². The average molecular weight is 421 g/mol. The Hall–Kier alpha value is -3.19. The van der Waals surface area contributed by atoms with Gasteiger partial charge >= 0.3 is 0 Å². The second-order valence-corrected chi connectivity index (χ2v) is 7.70. The summed E-state index contributed by atoms with van der Waals surface area (Å²) in [5.74, 6) is 0.937. The van der Waals surface area contributed by atoms with Crippen LogP contribution in [-0.2, 0) is 24.2 Å². The average Bonchev–Trinajstić information content (AvgIpc) is 3.14. The number of anilines is 1. The van der Waals surface area contributed by atoms with Crippen molar-refractivity contribution in [1.29, 1.82) is 0 Å². The maximum absolute atomic E-state index is 12.3. The number of carbonyl (C=O) groups excluding carboxylic acids is 2. The van der Waals surface area contributed by atoms with Gasteiger partial charge in [-0.3, -0.25) is 9.59 Å². The maximum atomic E-state index is 12.3. The van der Waals surface area contributed by atoms with Gasteiger partial charge in [-0.1, -0.05) is 48.2 Å². The van der Waals surface area contributed by atoms with Crippen LogP contribution in [0.1, 0.15) is 28.7 Å². The Kier molecular flexibility index (Phi) is 7.57. The number of allylic oxidation sites excluding steroid dienone is 1.